The number of benzene rings is 2. The summed E-state index contributed by atoms with van der Waals surface area (Å²) in [6, 6.07) is 14.6. The zero-order valence-electron chi connectivity index (χ0n) is 13.5. The highest BCUT2D eigenvalue weighted by Crippen LogP contribution is 2.33. The van der Waals surface area contributed by atoms with E-state index in [2.05, 4.69) is 25.6 Å². The number of carbonyl (C=O) groups excluding carboxylic acids is 1. The summed E-state index contributed by atoms with van der Waals surface area (Å²) in [7, 11) is 0. The minimum Gasteiger partial charge on any atom is -0.423 e. The third kappa shape index (κ3) is 3.72. The zero-order chi connectivity index (χ0) is 17.0. The van der Waals surface area contributed by atoms with Crippen LogP contribution in [0.15, 0.2) is 65.9 Å². The van der Waals surface area contributed by atoms with Gasteiger partial charge in [-0.2, -0.15) is 0 Å². The van der Waals surface area contributed by atoms with Crippen molar-refractivity contribution in [3.05, 3.63) is 76.7 Å². The molecule has 0 aliphatic carbocycles. The Labute approximate surface area is 135 Å². The predicted molar refractivity (Wildman–Crippen MR) is 90.9 cm³/mol. The first kappa shape index (κ1) is 16.6. The second-order valence-electron chi connectivity index (χ2n) is 5.96. The van der Waals surface area contributed by atoms with Crippen molar-refractivity contribution in [1.82, 2.24) is 0 Å². The fraction of sp³-hybridized carbons (Fsp3) is 0.211. The SMILES string of the molecule is C=C(C)C(=O)Oc1ccc(C(C)(C)c2ccc(N=O)cc2)cc1. The Morgan fingerprint density at radius 3 is 1.91 bits per heavy atom. The van der Waals surface area contributed by atoms with Gasteiger partial charge >= 0.3 is 5.97 Å². The van der Waals surface area contributed by atoms with Gasteiger partial charge in [-0.05, 0) is 47.5 Å². The summed E-state index contributed by atoms with van der Waals surface area (Å²) in [5, 5.41) is 2.91. The van der Waals surface area contributed by atoms with Gasteiger partial charge in [0.05, 0.1) is 0 Å². The highest BCUT2D eigenvalue weighted by Gasteiger charge is 2.23. The number of esters is 1. The molecule has 0 radical (unpaired) electrons. The van der Waals surface area contributed by atoms with E-state index in [-0.39, 0.29) is 5.41 Å². The molecule has 0 amide bonds. The van der Waals surface area contributed by atoms with Gasteiger partial charge in [0.2, 0.25) is 0 Å². The fourth-order valence-electron chi connectivity index (χ4n) is 2.24. The van der Waals surface area contributed by atoms with Crippen molar-refractivity contribution in [2.24, 2.45) is 5.18 Å². The Morgan fingerprint density at radius 1 is 1.00 bits per heavy atom. The molecular weight excluding hydrogens is 290 g/mol. The Balaban J connectivity index is 2.23. The summed E-state index contributed by atoms with van der Waals surface area (Å²) in [6.07, 6.45) is 0. The summed E-state index contributed by atoms with van der Waals surface area (Å²) in [5.41, 5.74) is 2.65. The molecule has 2 aromatic rings. The molecule has 0 bridgehead atoms. The molecule has 0 fully saturated rings. The van der Waals surface area contributed by atoms with E-state index in [1.165, 1.54) is 0 Å². The van der Waals surface area contributed by atoms with E-state index in [1.807, 2.05) is 24.3 Å². The molecule has 0 aromatic heterocycles. The zero-order valence-corrected chi connectivity index (χ0v) is 13.5. The molecule has 0 unspecified atom stereocenters. The van der Waals surface area contributed by atoms with E-state index < -0.39 is 5.97 Å². The van der Waals surface area contributed by atoms with Crippen LogP contribution < -0.4 is 4.74 Å². The van der Waals surface area contributed by atoms with Crippen molar-refractivity contribution in [3.63, 3.8) is 0 Å². The van der Waals surface area contributed by atoms with E-state index in [1.54, 1.807) is 31.2 Å². The molecule has 4 heteroatoms. The quantitative estimate of drug-likeness (QED) is 0.342. The van der Waals surface area contributed by atoms with Gasteiger partial charge in [0.15, 0.2) is 0 Å². The number of nitrogens with zero attached hydrogens (tertiary/aromatic N) is 1. The molecule has 0 spiro atoms. The predicted octanol–water partition coefficient (Wildman–Crippen LogP) is 4.89. The summed E-state index contributed by atoms with van der Waals surface area (Å²) < 4.78 is 5.19. The number of rotatable bonds is 5. The molecule has 118 valence electrons. The second-order valence-corrected chi connectivity index (χ2v) is 5.96. The van der Waals surface area contributed by atoms with Crippen LogP contribution in [0.4, 0.5) is 5.69 Å². The Hall–Kier alpha value is -2.75. The standard InChI is InChI=1S/C19H19NO3/c1-13(2)18(21)23-17-11-7-15(8-12-17)19(3,4)14-5-9-16(20-22)10-6-14/h5-12H,1H2,2-4H3. The first-order chi connectivity index (χ1) is 10.8. The van der Waals surface area contributed by atoms with Crippen LogP contribution >= 0.6 is 0 Å². The first-order valence-electron chi connectivity index (χ1n) is 7.26. The van der Waals surface area contributed by atoms with Gasteiger partial charge in [0.25, 0.3) is 0 Å². The van der Waals surface area contributed by atoms with Crippen LogP contribution in [0.1, 0.15) is 31.9 Å². The maximum Gasteiger partial charge on any atom is 0.338 e. The summed E-state index contributed by atoms with van der Waals surface area (Å²) in [5.74, 6) is 0.0482. The molecule has 0 aliphatic rings. The molecular formula is C19H19NO3. The number of hydrogen-bond donors (Lipinski definition) is 0. The maximum atomic E-state index is 11.5. The van der Waals surface area contributed by atoms with Gasteiger partial charge in [-0.25, -0.2) is 4.79 Å². The van der Waals surface area contributed by atoms with E-state index in [0.29, 0.717) is 17.0 Å². The molecule has 23 heavy (non-hydrogen) atoms. The molecule has 4 nitrogen and oxygen atoms in total. The number of carbonyl (C=O) groups is 1. The summed E-state index contributed by atoms with van der Waals surface area (Å²) in [4.78, 5) is 22.0. The lowest BCUT2D eigenvalue weighted by Gasteiger charge is -2.26. The number of nitroso groups, excluding NO2 is 1. The monoisotopic (exact) mass is 309 g/mol. The van der Waals surface area contributed by atoms with E-state index >= 15 is 0 Å². The van der Waals surface area contributed by atoms with Gasteiger partial charge in [0, 0.05) is 11.0 Å². The van der Waals surface area contributed by atoms with Crippen molar-refractivity contribution in [3.8, 4) is 5.75 Å². The fourth-order valence-corrected chi connectivity index (χ4v) is 2.24. The van der Waals surface area contributed by atoms with Gasteiger partial charge in [-0.3, -0.25) is 0 Å². The minimum atomic E-state index is -0.436. The lowest BCUT2D eigenvalue weighted by molar-refractivity contribution is -0.130. The number of ether oxygens (including phenoxy) is 1. The van der Waals surface area contributed by atoms with Crippen LogP contribution in [-0.2, 0) is 10.2 Å². The maximum absolute atomic E-state index is 11.5. The summed E-state index contributed by atoms with van der Waals surface area (Å²) in [6.45, 7) is 9.34. The molecule has 0 N–H and O–H groups in total. The highest BCUT2D eigenvalue weighted by atomic mass is 16.5. The first-order valence-corrected chi connectivity index (χ1v) is 7.26. The van der Waals surface area contributed by atoms with Gasteiger partial charge in [-0.15, -0.1) is 4.91 Å². The molecule has 2 aromatic carbocycles. The van der Waals surface area contributed by atoms with Crippen molar-refractivity contribution in [2.75, 3.05) is 0 Å². The lowest BCUT2D eigenvalue weighted by Crippen LogP contribution is -2.18. The van der Waals surface area contributed by atoms with Crippen molar-refractivity contribution < 1.29 is 9.53 Å². The largest absolute Gasteiger partial charge is 0.423 e. The van der Waals surface area contributed by atoms with E-state index in [0.717, 1.165) is 11.1 Å². The van der Waals surface area contributed by atoms with Gasteiger partial charge < -0.3 is 4.74 Å². The highest BCUT2D eigenvalue weighted by molar-refractivity contribution is 5.88. The topological polar surface area (TPSA) is 55.7 Å². The average molecular weight is 309 g/mol. The molecule has 0 saturated carbocycles. The van der Waals surface area contributed by atoms with Crippen LogP contribution in [0.3, 0.4) is 0 Å². The Bertz CT molecular complexity index is 728. The number of hydrogen-bond acceptors (Lipinski definition) is 4. The van der Waals surface area contributed by atoms with E-state index in [4.69, 9.17) is 4.74 Å². The van der Waals surface area contributed by atoms with Gasteiger partial charge in [-0.1, -0.05) is 44.7 Å². The third-order valence-electron chi connectivity index (χ3n) is 3.83. The normalized spacial score (nSPS) is 10.9. The molecule has 0 atom stereocenters. The Morgan fingerprint density at radius 2 is 1.48 bits per heavy atom. The van der Waals surface area contributed by atoms with Gasteiger partial charge in [0.1, 0.15) is 11.4 Å². The summed E-state index contributed by atoms with van der Waals surface area (Å²) >= 11 is 0. The van der Waals surface area contributed by atoms with Crippen LogP contribution in [0.25, 0.3) is 0 Å². The van der Waals surface area contributed by atoms with Crippen LogP contribution in [0, 0.1) is 4.91 Å². The van der Waals surface area contributed by atoms with Crippen LogP contribution in [0.5, 0.6) is 5.75 Å². The Kier molecular flexibility index (Phi) is 4.74. The van der Waals surface area contributed by atoms with Crippen LogP contribution in [0.2, 0.25) is 0 Å². The molecule has 0 heterocycles. The van der Waals surface area contributed by atoms with Crippen LogP contribution in [-0.4, -0.2) is 5.97 Å². The molecule has 0 aliphatic heterocycles. The lowest BCUT2D eigenvalue weighted by atomic mass is 9.78. The molecule has 2 rings (SSSR count). The molecule has 0 saturated heterocycles. The van der Waals surface area contributed by atoms with Crippen molar-refractivity contribution in [1.29, 1.82) is 0 Å². The smallest absolute Gasteiger partial charge is 0.338 e. The van der Waals surface area contributed by atoms with Crippen molar-refractivity contribution >= 4 is 11.7 Å². The van der Waals surface area contributed by atoms with Crippen molar-refractivity contribution in [2.45, 2.75) is 26.2 Å². The third-order valence-corrected chi connectivity index (χ3v) is 3.83. The second kappa shape index (κ2) is 6.57. The van der Waals surface area contributed by atoms with E-state index in [9.17, 15) is 9.70 Å². The minimum absolute atomic E-state index is 0.252. The average Bonchev–Trinajstić information content (AvgIpc) is 2.55.